The highest BCUT2D eigenvalue weighted by Gasteiger charge is 2.35. The van der Waals surface area contributed by atoms with Crippen molar-refractivity contribution in [1.29, 1.82) is 0 Å². The van der Waals surface area contributed by atoms with Crippen molar-refractivity contribution in [3.8, 4) is 5.75 Å². The second-order valence-corrected chi connectivity index (χ2v) is 7.84. The fraction of sp³-hybridized carbons (Fsp3) is 0.192. The van der Waals surface area contributed by atoms with E-state index >= 15 is 0 Å². The van der Waals surface area contributed by atoms with Gasteiger partial charge in [0.1, 0.15) is 5.75 Å². The Morgan fingerprint density at radius 3 is 2.33 bits per heavy atom. The average Bonchev–Trinajstić information content (AvgIpc) is 3.25. The van der Waals surface area contributed by atoms with Crippen LogP contribution in [0.15, 0.2) is 78.9 Å². The van der Waals surface area contributed by atoms with Crippen LogP contribution >= 0.6 is 0 Å². The summed E-state index contributed by atoms with van der Waals surface area (Å²) < 4.78 is 5.13. The van der Waals surface area contributed by atoms with E-state index < -0.39 is 5.92 Å². The molecule has 3 aromatic rings. The quantitative estimate of drug-likeness (QED) is 0.584. The van der Waals surface area contributed by atoms with Crippen molar-refractivity contribution in [2.75, 3.05) is 23.9 Å². The number of benzene rings is 3. The van der Waals surface area contributed by atoms with Gasteiger partial charge in [0.15, 0.2) is 0 Å². The molecule has 7 nitrogen and oxygen atoms in total. The lowest BCUT2D eigenvalue weighted by Gasteiger charge is -2.16. The zero-order valence-corrected chi connectivity index (χ0v) is 18.3. The van der Waals surface area contributed by atoms with Gasteiger partial charge in [0, 0.05) is 36.4 Å². The second kappa shape index (κ2) is 9.99. The number of carbonyl (C=O) groups excluding carboxylic acids is 3. The number of hydrogen-bond donors (Lipinski definition) is 2. The zero-order valence-electron chi connectivity index (χ0n) is 18.3. The van der Waals surface area contributed by atoms with Crippen LogP contribution in [0.3, 0.4) is 0 Å². The second-order valence-electron chi connectivity index (χ2n) is 7.84. The number of rotatable bonds is 7. The first-order valence-corrected chi connectivity index (χ1v) is 10.7. The fourth-order valence-electron chi connectivity index (χ4n) is 3.72. The molecular weight excluding hydrogens is 418 g/mol. The first-order valence-electron chi connectivity index (χ1n) is 10.7. The van der Waals surface area contributed by atoms with Gasteiger partial charge in [-0.05, 0) is 54.1 Å². The molecule has 3 aromatic carbocycles. The van der Waals surface area contributed by atoms with Gasteiger partial charge in [-0.3, -0.25) is 14.4 Å². The summed E-state index contributed by atoms with van der Waals surface area (Å²) in [5.74, 6) is -0.144. The predicted octanol–water partition coefficient (Wildman–Crippen LogP) is 3.62. The molecule has 1 heterocycles. The van der Waals surface area contributed by atoms with Crippen molar-refractivity contribution in [3.05, 3.63) is 90.0 Å². The maximum absolute atomic E-state index is 12.7. The molecular formula is C26H25N3O4. The molecule has 1 aliphatic heterocycles. The average molecular weight is 444 g/mol. The minimum Gasteiger partial charge on any atom is -0.497 e. The maximum Gasteiger partial charge on any atom is 0.251 e. The molecule has 1 saturated heterocycles. The largest absolute Gasteiger partial charge is 0.497 e. The van der Waals surface area contributed by atoms with Gasteiger partial charge in [0.2, 0.25) is 11.8 Å². The number of ether oxygens (including phenoxy) is 1. The van der Waals surface area contributed by atoms with Gasteiger partial charge in [-0.1, -0.05) is 30.3 Å². The Balaban J connectivity index is 1.30. The van der Waals surface area contributed by atoms with Crippen LogP contribution in [0.5, 0.6) is 5.75 Å². The molecule has 1 unspecified atom stereocenters. The van der Waals surface area contributed by atoms with Gasteiger partial charge >= 0.3 is 0 Å². The van der Waals surface area contributed by atoms with E-state index in [4.69, 9.17) is 4.74 Å². The SMILES string of the molecule is COc1ccc(CNC(=O)c2ccc(NC(=O)C3CC(=O)N(c4ccccc4)C3)cc2)cc1. The molecule has 0 aromatic heterocycles. The van der Waals surface area contributed by atoms with Gasteiger partial charge in [0.05, 0.1) is 13.0 Å². The lowest BCUT2D eigenvalue weighted by atomic mass is 10.1. The van der Waals surface area contributed by atoms with E-state index in [2.05, 4.69) is 10.6 Å². The third-order valence-corrected chi connectivity index (χ3v) is 5.59. The third kappa shape index (κ3) is 5.38. The maximum atomic E-state index is 12.7. The highest BCUT2D eigenvalue weighted by atomic mass is 16.5. The van der Waals surface area contributed by atoms with Gasteiger partial charge in [-0.2, -0.15) is 0 Å². The van der Waals surface area contributed by atoms with Crippen molar-refractivity contribution in [1.82, 2.24) is 5.32 Å². The Hall–Kier alpha value is -4.13. The van der Waals surface area contributed by atoms with Gasteiger partial charge < -0.3 is 20.3 Å². The monoisotopic (exact) mass is 443 g/mol. The summed E-state index contributed by atoms with van der Waals surface area (Å²) in [5, 5.41) is 5.72. The van der Waals surface area contributed by atoms with Crippen molar-refractivity contribution in [2.45, 2.75) is 13.0 Å². The molecule has 2 N–H and O–H groups in total. The number of hydrogen-bond acceptors (Lipinski definition) is 4. The smallest absolute Gasteiger partial charge is 0.251 e. The molecule has 3 amide bonds. The summed E-state index contributed by atoms with van der Waals surface area (Å²) in [7, 11) is 1.61. The van der Waals surface area contributed by atoms with Gasteiger partial charge in [0.25, 0.3) is 5.91 Å². The fourth-order valence-corrected chi connectivity index (χ4v) is 3.72. The summed E-state index contributed by atoms with van der Waals surface area (Å²) in [6, 6.07) is 23.5. The number of methoxy groups -OCH3 is 1. The lowest BCUT2D eigenvalue weighted by Crippen LogP contribution is -2.28. The summed E-state index contributed by atoms with van der Waals surface area (Å²) in [4.78, 5) is 39.1. The molecule has 0 aliphatic carbocycles. The minimum atomic E-state index is -0.426. The van der Waals surface area contributed by atoms with E-state index in [9.17, 15) is 14.4 Å². The van der Waals surface area contributed by atoms with Crippen LogP contribution in [-0.4, -0.2) is 31.4 Å². The van der Waals surface area contributed by atoms with Crippen LogP contribution in [0.4, 0.5) is 11.4 Å². The van der Waals surface area contributed by atoms with Gasteiger partial charge in [-0.15, -0.1) is 0 Å². The molecule has 0 saturated carbocycles. The predicted molar refractivity (Wildman–Crippen MR) is 126 cm³/mol. The van der Waals surface area contributed by atoms with E-state index in [0.717, 1.165) is 17.0 Å². The topological polar surface area (TPSA) is 87.7 Å². The van der Waals surface area contributed by atoms with Crippen LogP contribution in [0, 0.1) is 5.92 Å². The molecule has 0 bridgehead atoms. The molecule has 1 fully saturated rings. The van der Waals surface area contributed by atoms with Gasteiger partial charge in [-0.25, -0.2) is 0 Å². The summed E-state index contributed by atoms with van der Waals surface area (Å²) >= 11 is 0. The summed E-state index contributed by atoms with van der Waals surface area (Å²) in [6.07, 6.45) is 0.173. The molecule has 33 heavy (non-hydrogen) atoms. The van der Waals surface area contributed by atoms with Crippen LogP contribution in [-0.2, 0) is 16.1 Å². The number of nitrogens with one attached hydrogen (secondary N) is 2. The molecule has 168 valence electrons. The van der Waals surface area contributed by atoms with E-state index in [1.54, 1.807) is 36.3 Å². The van der Waals surface area contributed by atoms with Crippen molar-refractivity contribution >= 4 is 29.1 Å². The van der Waals surface area contributed by atoms with Crippen molar-refractivity contribution in [2.24, 2.45) is 5.92 Å². The standard InChI is InChI=1S/C26H25N3O4/c1-33-23-13-7-18(8-14-23)16-27-25(31)19-9-11-21(12-10-19)28-26(32)20-15-24(30)29(17-20)22-5-3-2-4-6-22/h2-14,20H,15-17H2,1H3,(H,27,31)(H,28,32). The Morgan fingerprint density at radius 2 is 1.67 bits per heavy atom. The highest BCUT2D eigenvalue weighted by molar-refractivity contribution is 6.03. The Labute approximate surface area is 192 Å². The normalized spacial score (nSPS) is 15.2. The van der Waals surface area contributed by atoms with Crippen molar-refractivity contribution < 1.29 is 19.1 Å². The summed E-state index contributed by atoms with van der Waals surface area (Å²) in [5.41, 5.74) is 2.83. The van der Waals surface area contributed by atoms with Crippen LogP contribution < -0.4 is 20.3 Å². The molecule has 1 aliphatic rings. The Morgan fingerprint density at radius 1 is 0.970 bits per heavy atom. The Bertz CT molecular complexity index is 1130. The number of carbonyl (C=O) groups is 3. The van der Waals surface area contributed by atoms with Crippen LogP contribution in [0.25, 0.3) is 0 Å². The number of amides is 3. The first kappa shape index (κ1) is 22.1. The van der Waals surface area contributed by atoms with Crippen LogP contribution in [0.1, 0.15) is 22.3 Å². The zero-order chi connectivity index (χ0) is 23.2. The van der Waals surface area contributed by atoms with E-state index in [1.165, 1.54) is 0 Å². The lowest BCUT2D eigenvalue weighted by molar-refractivity contribution is -0.122. The van der Waals surface area contributed by atoms with Crippen molar-refractivity contribution in [3.63, 3.8) is 0 Å². The Kier molecular flexibility index (Phi) is 6.69. The molecule has 7 heteroatoms. The van der Waals surface area contributed by atoms with E-state index in [1.807, 2.05) is 54.6 Å². The summed E-state index contributed by atoms with van der Waals surface area (Å²) in [6.45, 7) is 0.746. The molecule has 4 rings (SSSR count). The minimum absolute atomic E-state index is 0.0646. The number of para-hydroxylation sites is 1. The van der Waals surface area contributed by atoms with E-state index in [0.29, 0.717) is 24.3 Å². The number of anilines is 2. The third-order valence-electron chi connectivity index (χ3n) is 5.59. The number of nitrogens with zero attached hydrogens (tertiary/aromatic N) is 1. The van der Waals surface area contributed by atoms with Crippen LogP contribution in [0.2, 0.25) is 0 Å². The molecule has 0 radical (unpaired) electrons. The van der Waals surface area contributed by atoms with E-state index in [-0.39, 0.29) is 24.1 Å². The highest BCUT2D eigenvalue weighted by Crippen LogP contribution is 2.26. The first-order chi connectivity index (χ1) is 16.0. The molecule has 0 spiro atoms. The molecule has 1 atom stereocenters.